The number of nitrogens with zero attached hydrogens (tertiary/aromatic N) is 2. The average Bonchev–Trinajstić information content (AvgIpc) is 3.11. The number of H-pyrrole nitrogens is 1. The molecule has 2 N–H and O–H groups in total. The summed E-state index contributed by atoms with van der Waals surface area (Å²) in [6.45, 7) is 1.44. The topological polar surface area (TPSA) is 72.1 Å². The average molecular weight is 324 g/mol. The zero-order valence-electron chi connectivity index (χ0n) is 13.4. The van der Waals surface area contributed by atoms with Crippen molar-refractivity contribution in [3.63, 3.8) is 0 Å². The summed E-state index contributed by atoms with van der Waals surface area (Å²) in [5.74, 6) is 1.60. The third kappa shape index (κ3) is 3.33. The van der Waals surface area contributed by atoms with Gasteiger partial charge in [0.1, 0.15) is 30.1 Å². The smallest absolute Gasteiger partial charge is 0.143 e. The number of fused-ring (bicyclic) bond motifs is 1. The monoisotopic (exact) mass is 324 g/mol. The van der Waals surface area contributed by atoms with E-state index in [-0.39, 0.29) is 6.10 Å². The lowest BCUT2D eigenvalue weighted by atomic mass is 10.1. The van der Waals surface area contributed by atoms with Gasteiger partial charge in [0.05, 0.1) is 11.5 Å². The highest BCUT2D eigenvalue weighted by atomic mass is 16.5. The summed E-state index contributed by atoms with van der Waals surface area (Å²) < 4.78 is 11.6. The van der Waals surface area contributed by atoms with Gasteiger partial charge in [-0.2, -0.15) is 0 Å². The highest BCUT2D eigenvalue weighted by Gasteiger charge is 2.14. The van der Waals surface area contributed by atoms with Crippen LogP contribution in [0.25, 0.3) is 11.0 Å². The molecule has 3 aromatic rings. The van der Waals surface area contributed by atoms with E-state index in [0.29, 0.717) is 6.61 Å². The Labute approximate surface area is 140 Å². The van der Waals surface area contributed by atoms with E-state index in [1.165, 1.54) is 6.42 Å². The van der Waals surface area contributed by atoms with Crippen molar-refractivity contribution >= 4 is 22.5 Å². The molecule has 0 radical (unpaired) electrons. The van der Waals surface area contributed by atoms with Gasteiger partial charge in [0, 0.05) is 24.6 Å². The molecule has 1 aromatic carbocycles. The predicted molar refractivity (Wildman–Crippen MR) is 92.7 cm³/mol. The van der Waals surface area contributed by atoms with Crippen molar-refractivity contribution in [2.75, 3.05) is 18.5 Å². The normalized spacial score (nSPS) is 17.8. The second-order valence-electron chi connectivity index (χ2n) is 5.91. The fourth-order valence-electron chi connectivity index (χ4n) is 2.90. The number of ether oxygens (including phenoxy) is 2. The molecule has 6 heteroatoms. The van der Waals surface area contributed by atoms with Crippen LogP contribution in [0.3, 0.4) is 0 Å². The molecule has 6 nitrogen and oxygen atoms in total. The molecule has 24 heavy (non-hydrogen) atoms. The Morgan fingerprint density at radius 2 is 2.25 bits per heavy atom. The number of aromatic amines is 1. The summed E-state index contributed by atoms with van der Waals surface area (Å²) in [5, 5.41) is 4.29. The number of nitrogens with one attached hydrogen (secondary N) is 2. The Bertz CT molecular complexity index is 811. The third-order valence-electron chi connectivity index (χ3n) is 4.16. The zero-order valence-corrected chi connectivity index (χ0v) is 13.4. The van der Waals surface area contributed by atoms with E-state index in [9.17, 15) is 0 Å². The summed E-state index contributed by atoms with van der Waals surface area (Å²) in [6, 6.07) is 9.85. The fraction of sp³-hybridized carbons (Fsp3) is 0.333. The van der Waals surface area contributed by atoms with E-state index < -0.39 is 0 Å². The molecular weight excluding hydrogens is 304 g/mol. The van der Waals surface area contributed by atoms with Crippen LogP contribution in [0.1, 0.15) is 19.3 Å². The Balaban J connectivity index is 1.45. The van der Waals surface area contributed by atoms with Gasteiger partial charge >= 0.3 is 0 Å². The van der Waals surface area contributed by atoms with E-state index in [2.05, 4.69) is 20.3 Å². The van der Waals surface area contributed by atoms with Crippen LogP contribution in [0, 0.1) is 0 Å². The molecule has 0 aliphatic carbocycles. The lowest BCUT2D eigenvalue weighted by molar-refractivity contribution is -0.0110. The number of anilines is 2. The molecule has 0 spiro atoms. The van der Waals surface area contributed by atoms with Crippen LogP contribution in [0.15, 0.2) is 42.9 Å². The molecule has 1 aliphatic rings. The number of aromatic nitrogens is 3. The largest absolute Gasteiger partial charge is 0.491 e. The van der Waals surface area contributed by atoms with Gasteiger partial charge in [-0.3, -0.25) is 0 Å². The van der Waals surface area contributed by atoms with E-state index in [4.69, 9.17) is 9.47 Å². The van der Waals surface area contributed by atoms with Crippen LogP contribution in [-0.4, -0.2) is 34.3 Å². The molecule has 1 fully saturated rings. The van der Waals surface area contributed by atoms with Crippen molar-refractivity contribution in [3.05, 3.63) is 42.9 Å². The Morgan fingerprint density at radius 1 is 1.25 bits per heavy atom. The molecule has 1 atom stereocenters. The lowest BCUT2D eigenvalue weighted by Crippen LogP contribution is -2.25. The third-order valence-corrected chi connectivity index (χ3v) is 4.16. The molecule has 3 heterocycles. The molecule has 124 valence electrons. The van der Waals surface area contributed by atoms with Gasteiger partial charge in [0.2, 0.25) is 0 Å². The van der Waals surface area contributed by atoms with Crippen LogP contribution >= 0.6 is 0 Å². The molecule has 0 saturated carbocycles. The van der Waals surface area contributed by atoms with Crippen LogP contribution in [-0.2, 0) is 4.74 Å². The predicted octanol–water partition coefficient (Wildman–Crippen LogP) is 3.65. The molecule has 1 aliphatic heterocycles. The molecule has 0 bridgehead atoms. The van der Waals surface area contributed by atoms with E-state index in [0.717, 1.165) is 47.7 Å². The Kier molecular flexibility index (Phi) is 4.29. The SMILES string of the molecule is c1cc(Nc2ncnc3[nH]ccc23)cc(OCC2CCCCO2)c1. The first-order valence-electron chi connectivity index (χ1n) is 8.28. The van der Waals surface area contributed by atoms with Gasteiger partial charge in [-0.05, 0) is 37.5 Å². The van der Waals surface area contributed by atoms with Gasteiger partial charge in [-0.15, -0.1) is 0 Å². The van der Waals surface area contributed by atoms with Crippen molar-refractivity contribution in [1.29, 1.82) is 0 Å². The van der Waals surface area contributed by atoms with Crippen LogP contribution in [0.4, 0.5) is 11.5 Å². The first-order chi connectivity index (χ1) is 11.9. The summed E-state index contributed by atoms with van der Waals surface area (Å²) >= 11 is 0. The first kappa shape index (κ1) is 15.0. The minimum absolute atomic E-state index is 0.205. The summed E-state index contributed by atoms with van der Waals surface area (Å²) in [4.78, 5) is 11.6. The molecule has 4 rings (SSSR count). The van der Waals surface area contributed by atoms with Gasteiger partial charge < -0.3 is 19.8 Å². The number of benzene rings is 1. The van der Waals surface area contributed by atoms with Crippen molar-refractivity contribution in [2.45, 2.75) is 25.4 Å². The summed E-state index contributed by atoms with van der Waals surface area (Å²) in [5.41, 5.74) is 1.74. The maximum absolute atomic E-state index is 5.89. The number of hydrogen-bond donors (Lipinski definition) is 2. The van der Waals surface area contributed by atoms with E-state index in [1.54, 1.807) is 6.33 Å². The lowest BCUT2D eigenvalue weighted by Gasteiger charge is -2.22. The van der Waals surface area contributed by atoms with Gasteiger partial charge in [-0.1, -0.05) is 6.07 Å². The quantitative estimate of drug-likeness (QED) is 0.749. The summed E-state index contributed by atoms with van der Waals surface area (Å²) in [6.07, 6.45) is 7.05. The molecule has 1 saturated heterocycles. The maximum Gasteiger partial charge on any atom is 0.143 e. The Hall–Kier alpha value is -2.60. The molecular formula is C18H20N4O2. The molecule has 1 unspecified atom stereocenters. The minimum Gasteiger partial charge on any atom is -0.491 e. The maximum atomic E-state index is 5.89. The van der Waals surface area contributed by atoms with Gasteiger partial charge in [0.25, 0.3) is 0 Å². The van der Waals surface area contributed by atoms with Crippen LogP contribution in [0.2, 0.25) is 0 Å². The second-order valence-corrected chi connectivity index (χ2v) is 5.91. The standard InChI is InChI=1S/C18H20N4O2/c1-2-9-23-15(5-1)11-24-14-6-3-4-13(10-14)22-18-16-7-8-19-17(16)20-12-21-18/h3-4,6-8,10,12,15H,1-2,5,9,11H2,(H2,19,20,21,22). The van der Waals surface area contributed by atoms with Crippen LogP contribution < -0.4 is 10.1 Å². The fourth-order valence-corrected chi connectivity index (χ4v) is 2.90. The van der Waals surface area contributed by atoms with Crippen molar-refractivity contribution in [2.24, 2.45) is 0 Å². The highest BCUT2D eigenvalue weighted by molar-refractivity contribution is 5.88. The second kappa shape index (κ2) is 6.88. The zero-order chi connectivity index (χ0) is 16.2. The number of rotatable bonds is 5. The van der Waals surface area contributed by atoms with E-state index >= 15 is 0 Å². The Morgan fingerprint density at radius 3 is 3.17 bits per heavy atom. The van der Waals surface area contributed by atoms with Crippen LogP contribution in [0.5, 0.6) is 5.75 Å². The van der Waals surface area contributed by atoms with Crippen molar-refractivity contribution in [3.8, 4) is 5.75 Å². The van der Waals surface area contributed by atoms with Crippen molar-refractivity contribution < 1.29 is 9.47 Å². The first-order valence-corrected chi connectivity index (χ1v) is 8.28. The molecule has 2 aromatic heterocycles. The summed E-state index contributed by atoms with van der Waals surface area (Å²) in [7, 11) is 0. The minimum atomic E-state index is 0.205. The van der Waals surface area contributed by atoms with Gasteiger partial charge in [0.15, 0.2) is 0 Å². The van der Waals surface area contributed by atoms with Gasteiger partial charge in [-0.25, -0.2) is 9.97 Å². The molecule has 0 amide bonds. The van der Waals surface area contributed by atoms with Crippen molar-refractivity contribution in [1.82, 2.24) is 15.0 Å². The number of hydrogen-bond acceptors (Lipinski definition) is 5. The van der Waals surface area contributed by atoms with E-state index in [1.807, 2.05) is 36.5 Å². The highest BCUT2D eigenvalue weighted by Crippen LogP contribution is 2.25.